The molecule has 3 aromatic rings. The van der Waals surface area contributed by atoms with Gasteiger partial charge < -0.3 is 0 Å². The van der Waals surface area contributed by atoms with Gasteiger partial charge in [-0.15, -0.1) is 5.10 Å². The van der Waals surface area contributed by atoms with E-state index in [-0.39, 0.29) is 0 Å². The smallest absolute Gasteiger partial charge is 0.159 e. The van der Waals surface area contributed by atoms with Gasteiger partial charge in [0.2, 0.25) is 0 Å². The molecule has 0 bridgehead atoms. The van der Waals surface area contributed by atoms with E-state index in [0.29, 0.717) is 12.5 Å². The Bertz CT molecular complexity index is 729. The van der Waals surface area contributed by atoms with Gasteiger partial charge in [0.25, 0.3) is 0 Å². The topological polar surface area (TPSA) is 56.5 Å². The standard InChI is InChI=1S/C16H15N5/c1-2-4-14(5-3-1)16-17-8-12(9-18-16)10-21-11-15(19-20-21)13-6-7-13/h1-5,8-9,11,13H,6-7,10H2. The summed E-state index contributed by atoms with van der Waals surface area (Å²) in [6.45, 7) is 0.661. The summed E-state index contributed by atoms with van der Waals surface area (Å²) >= 11 is 0. The summed E-state index contributed by atoms with van der Waals surface area (Å²) in [5.74, 6) is 1.38. The lowest BCUT2D eigenvalue weighted by Gasteiger charge is -2.02. The maximum absolute atomic E-state index is 4.43. The van der Waals surface area contributed by atoms with E-state index in [1.165, 1.54) is 12.8 Å². The Balaban J connectivity index is 1.50. The van der Waals surface area contributed by atoms with Gasteiger partial charge in [0, 0.05) is 35.6 Å². The largest absolute Gasteiger partial charge is 0.248 e. The van der Waals surface area contributed by atoms with E-state index in [4.69, 9.17) is 0 Å². The van der Waals surface area contributed by atoms with Gasteiger partial charge in [-0.3, -0.25) is 0 Å². The Kier molecular flexibility index (Phi) is 2.96. The molecule has 2 heterocycles. The van der Waals surface area contributed by atoms with Crippen LogP contribution in [0.25, 0.3) is 11.4 Å². The van der Waals surface area contributed by atoms with Crippen molar-refractivity contribution in [2.75, 3.05) is 0 Å². The van der Waals surface area contributed by atoms with Crippen LogP contribution in [-0.2, 0) is 6.54 Å². The predicted molar refractivity (Wildman–Crippen MR) is 78.6 cm³/mol. The van der Waals surface area contributed by atoms with E-state index in [1.54, 1.807) is 0 Å². The molecular weight excluding hydrogens is 262 g/mol. The molecule has 21 heavy (non-hydrogen) atoms. The van der Waals surface area contributed by atoms with Crippen LogP contribution in [0.1, 0.15) is 30.0 Å². The first-order valence-electron chi connectivity index (χ1n) is 7.15. The van der Waals surface area contributed by atoms with Gasteiger partial charge in [0.1, 0.15) is 0 Å². The summed E-state index contributed by atoms with van der Waals surface area (Å²) in [5, 5.41) is 8.38. The first-order valence-corrected chi connectivity index (χ1v) is 7.15. The lowest BCUT2D eigenvalue weighted by Crippen LogP contribution is -2.02. The summed E-state index contributed by atoms with van der Waals surface area (Å²) in [4.78, 5) is 8.85. The number of aromatic nitrogens is 5. The summed E-state index contributed by atoms with van der Waals surface area (Å²) in [6.07, 6.45) is 8.23. The van der Waals surface area contributed by atoms with Gasteiger partial charge in [0.05, 0.1) is 12.2 Å². The van der Waals surface area contributed by atoms with Gasteiger partial charge >= 0.3 is 0 Å². The van der Waals surface area contributed by atoms with E-state index in [2.05, 4.69) is 20.3 Å². The molecule has 0 amide bonds. The third-order valence-electron chi connectivity index (χ3n) is 3.63. The van der Waals surface area contributed by atoms with Crippen LogP contribution in [-0.4, -0.2) is 25.0 Å². The Morgan fingerprint density at radius 2 is 1.81 bits per heavy atom. The molecule has 104 valence electrons. The molecule has 2 aromatic heterocycles. The van der Waals surface area contributed by atoms with E-state index >= 15 is 0 Å². The van der Waals surface area contributed by atoms with Crippen molar-refractivity contribution in [3.63, 3.8) is 0 Å². The molecule has 1 aliphatic carbocycles. The number of hydrogen-bond donors (Lipinski definition) is 0. The van der Waals surface area contributed by atoms with Crippen LogP contribution in [0.4, 0.5) is 0 Å². The Morgan fingerprint density at radius 3 is 2.52 bits per heavy atom. The third kappa shape index (κ3) is 2.67. The summed E-state index contributed by atoms with van der Waals surface area (Å²) in [7, 11) is 0. The molecule has 1 aliphatic rings. The summed E-state index contributed by atoms with van der Waals surface area (Å²) in [6, 6.07) is 9.98. The average Bonchev–Trinajstić information content (AvgIpc) is 3.29. The number of rotatable bonds is 4. The van der Waals surface area contributed by atoms with Crippen molar-refractivity contribution in [2.24, 2.45) is 0 Å². The van der Waals surface area contributed by atoms with Crippen molar-refractivity contribution in [1.29, 1.82) is 0 Å². The summed E-state index contributed by atoms with van der Waals surface area (Å²) < 4.78 is 1.86. The number of nitrogens with zero attached hydrogens (tertiary/aromatic N) is 5. The fourth-order valence-electron chi connectivity index (χ4n) is 2.32. The van der Waals surface area contributed by atoms with Crippen molar-refractivity contribution in [3.05, 3.63) is 60.2 Å². The van der Waals surface area contributed by atoms with E-state index in [9.17, 15) is 0 Å². The van der Waals surface area contributed by atoms with Crippen molar-refractivity contribution < 1.29 is 0 Å². The minimum atomic E-state index is 0.635. The zero-order valence-corrected chi connectivity index (χ0v) is 11.6. The number of benzene rings is 1. The lowest BCUT2D eigenvalue weighted by atomic mass is 10.2. The van der Waals surface area contributed by atoms with Crippen LogP contribution in [0, 0.1) is 0 Å². The molecule has 5 heteroatoms. The SMILES string of the molecule is c1ccc(-c2ncc(Cn3cc(C4CC4)nn3)cn2)cc1. The molecule has 1 saturated carbocycles. The molecule has 0 radical (unpaired) electrons. The zero-order valence-electron chi connectivity index (χ0n) is 11.6. The highest BCUT2D eigenvalue weighted by Crippen LogP contribution is 2.38. The van der Waals surface area contributed by atoms with Gasteiger partial charge in [-0.05, 0) is 12.8 Å². The van der Waals surface area contributed by atoms with Crippen LogP contribution in [0.5, 0.6) is 0 Å². The maximum Gasteiger partial charge on any atom is 0.159 e. The fourth-order valence-corrected chi connectivity index (χ4v) is 2.32. The van der Waals surface area contributed by atoms with Gasteiger partial charge in [-0.25, -0.2) is 14.6 Å². The predicted octanol–water partition coefficient (Wildman–Crippen LogP) is 2.66. The van der Waals surface area contributed by atoms with Crippen LogP contribution in [0.2, 0.25) is 0 Å². The molecule has 4 rings (SSSR count). The molecule has 5 nitrogen and oxygen atoms in total. The minimum Gasteiger partial charge on any atom is -0.248 e. The molecule has 0 spiro atoms. The molecule has 0 aliphatic heterocycles. The molecule has 1 aromatic carbocycles. The number of hydrogen-bond acceptors (Lipinski definition) is 4. The fraction of sp³-hybridized carbons (Fsp3) is 0.250. The first-order chi connectivity index (χ1) is 10.4. The van der Waals surface area contributed by atoms with Crippen LogP contribution in [0.3, 0.4) is 0 Å². The Labute approximate surface area is 122 Å². The molecule has 0 N–H and O–H groups in total. The third-order valence-corrected chi connectivity index (χ3v) is 3.63. The maximum atomic E-state index is 4.43. The molecule has 1 fully saturated rings. The Morgan fingerprint density at radius 1 is 1.05 bits per heavy atom. The molecular formula is C16H15N5. The quantitative estimate of drug-likeness (QED) is 0.735. The first kappa shape index (κ1) is 12.2. The second-order valence-electron chi connectivity index (χ2n) is 5.40. The summed E-state index contributed by atoms with van der Waals surface area (Å²) in [5.41, 5.74) is 3.17. The molecule has 0 atom stereocenters. The normalized spacial score (nSPS) is 14.3. The van der Waals surface area contributed by atoms with Crippen molar-refractivity contribution in [1.82, 2.24) is 25.0 Å². The highest BCUT2D eigenvalue weighted by molar-refractivity contribution is 5.53. The molecule has 0 saturated heterocycles. The van der Waals surface area contributed by atoms with E-state index in [1.807, 2.05) is 53.6 Å². The van der Waals surface area contributed by atoms with Crippen LogP contribution in [0.15, 0.2) is 48.9 Å². The van der Waals surface area contributed by atoms with Crippen LogP contribution < -0.4 is 0 Å². The second kappa shape index (κ2) is 5.09. The van der Waals surface area contributed by atoms with Crippen molar-refractivity contribution in [2.45, 2.75) is 25.3 Å². The highest BCUT2D eigenvalue weighted by atomic mass is 15.4. The van der Waals surface area contributed by atoms with Crippen molar-refractivity contribution in [3.8, 4) is 11.4 Å². The second-order valence-corrected chi connectivity index (χ2v) is 5.40. The average molecular weight is 277 g/mol. The van der Waals surface area contributed by atoms with Crippen molar-refractivity contribution >= 4 is 0 Å². The van der Waals surface area contributed by atoms with Gasteiger partial charge in [-0.1, -0.05) is 35.5 Å². The highest BCUT2D eigenvalue weighted by Gasteiger charge is 2.26. The molecule has 0 unspecified atom stereocenters. The Hall–Kier alpha value is -2.56. The zero-order chi connectivity index (χ0) is 14.1. The van der Waals surface area contributed by atoms with E-state index in [0.717, 1.165) is 22.6 Å². The van der Waals surface area contributed by atoms with E-state index < -0.39 is 0 Å². The lowest BCUT2D eigenvalue weighted by molar-refractivity contribution is 0.646. The van der Waals surface area contributed by atoms with Crippen LogP contribution >= 0.6 is 0 Å². The minimum absolute atomic E-state index is 0.635. The van der Waals surface area contributed by atoms with Gasteiger partial charge in [0.15, 0.2) is 5.82 Å². The monoisotopic (exact) mass is 277 g/mol. The van der Waals surface area contributed by atoms with Gasteiger partial charge in [-0.2, -0.15) is 0 Å².